The molecule has 0 saturated heterocycles. The van der Waals surface area contributed by atoms with Crippen molar-refractivity contribution >= 4 is 9.84 Å². The van der Waals surface area contributed by atoms with Crippen LogP contribution in [-0.2, 0) is 15.6 Å². The van der Waals surface area contributed by atoms with E-state index in [0.717, 1.165) is 5.56 Å². The highest BCUT2D eigenvalue weighted by molar-refractivity contribution is 7.89. The number of sulfone groups is 1. The van der Waals surface area contributed by atoms with Crippen molar-refractivity contribution in [3.05, 3.63) is 29.3 Å². The van der Waals surface area contributed by atoms with Crippen LogP contribution >= 0.6 is 0 Å². The van der Waals surface area contributed by atoms with Crippen LogP contribution in [-0.4, -0.2) is 21.3 Å². The van der Waals surface area contributed by atoms with Crippen molar-refractivity contribution in [2.75, 3.05) is 12.9 Å². The number of benzene rings is 1. The standard InChI is InChI=1S/C12H19NO3S/c1-4-16-12-6-5-10(9(2)13)7-11(12)8-17(3,14)15/h5-7,9H,4,8,13H2,1-3H3. The summed E-state index contributed by atoms with van der Waals surface area (Å²) in [6.45, 7) is 4.23. The molecule has 1 rings (SSSR count). The van der Waals surface area contributed by atoms with Crippen LogP contribution in [0.3, 0.4) is 0 Å². The van der Waals surface area contributed by atoms with Crippen LogP contribution < -0.4 is 10.5 Å². The van der Waals surface area contributed by atoms with Gasteiger partial charge in [0.2, 0.25) is 0 Å². The van der Waals surface area contributed by atoms with E-state index in [4.69, 9.17) is 10.5 Å². The SMILES string of the molecule is CCOc1ccc(C(C)N)cc1CS(C)(=O)=O. The van der Waals surface area contributed by atoms with E-state index in [1.165, 1.54) is 6.26 Å². The summed E-state index contributed by atoms with van der Waals surface area (Å²) < 4.78 is 28.1. The minimum absolute atomic E-state index is 0.0249. The van der Waals surface area contributed by atoms with E-state index in [2.05, 4.69) is 0 Å². The Morgan fingerprint density at radius 3 is 2.53 bits per heavy atom. The van der Waals surface area contributed by atoms with Gasteiger partial charge in [-0.15, -0.1) is 0 Å². The Morgan fingerprint density at radius 1 is 1.41 bits per heavy atom. The second kappa shape index (κ2) is 5.51. The lowest BCUT2D eigenvalue weighted by Gasteiger charge is -2.13. The topological polar surface area (TPSA) is 69.4 Å². The summed E-state index contributed by atoms with van der Waals surface area (Å²) in [5.41, 5.74) is 7.36. The van der Waals surface area contributed by atoms with Crippen molar-refractivity contribution < 1.29 is 13.2 Å². The lowest BCUT2D eigenvalue weighted by molar-refractivity contribution is 0.337. The fourth-order valence-electron chi connectivity index (χ4n) is 1.57. The molecule has 1 atom stereocenters. The van der Waals surface area contributed by atoms with Crippen molar-refractivity contribution in [2.24, 2.45) is 5.73 Å². The van der Waals surface area contributed by atoms with E-state index in [0.29, 0.717) is 17.9 Å². The molecule has 1 aromatic rings. The summed E-state index contributed by atoms with van der Waals surface area (Å²) in [5.74, 6) is 0.588. The van der Waals surface area contributed by atoms with Gasteiger partial charge in [0.05, 0.1) is 12.4 Å². The Kier molecular flexibility index (Phi) is 4.54. The summed E-state index contributed by atoms with van der Waals surface area (Å²) in [6, 6.07) is 5.32. The van der Waals surface area contributed by atoms with Gasteiger partial charge < -0.3 is 10.5 Å². The molecule has 96 valence electrons. The Morgan fingerprint density at radius 2 is 2.06 bits per heavy atom. The second-order valence-corrected chi connectivity index (χ2v) is 6.30. The van der Waals surface area contributed by atoms with Gasteiger partial charge in [-0.25, -0.2) is 8.42 Å². The molecule has 0 aliphatic carbocycles. The van der Waals surface area contributed by atoms with Crippen LogP contribution in [0.2, 0.25) is 0 Å². The number of rotatable bonds is 5. The van der Waals surface area contributed by atoms with Crippen LogP contribution in [0.25, 0.3) is 0 Å². The fraction of sp³-hybridized carbons (Fsp3) is 0.500. The molecule has 0 aliphatic rings. The molecule has 0 amide bonds. The van der Waals surface area contributed by atoms with E-state index in [9.17, 15) is 8.42 Å². The Labute approximate surface area is 103 Å². The number of ether oxygens (including phenoxy) is 1. The van der Waals surface area contributed by atoms with Crippen molar-refractivity contribution in [1.29, 1.82) is 0 Å². The molecule has 1 aromatic carbocycles. The molecule has 5 heteroatoms. The second-order valence-electron chi connectivity index (χ2n) is 4.16. The minimum atomic E-state index is -3.08. The van der Waals surface area contributed by atoms with E-state index >= 15 is 0 Å². The van der Waals surface area contributed by atoms with Gasteiger partial charge in [0.1, 0.15) is 5.75 Å². The van der Waals surface area contributed by atoms with Gasteiger partial charge in [-0.1, -0.05) is 6.07 Å². The van der Waals surface area contributed by atoms with Crippen LogP contribution in [0.15, 0.2) is 18.2 Å². The number of nitrogens with two attached hydrogens (primary N) is 1. The molecule has 0 radical (unpaired) electrons. The van der Waals surface area contributed by atoms with Crippen molar-refractivity contribution in [3.8, 4) is 5.75 Å². The third-order valence-electron chi connectivity index (χ3n) is 2.33. The molecular formula is C12H19NO3S. The van der Waals surface area contributed by atoms with Gasteiger partial charge in [0.25, 0.3) is 0 Å². The fourth-order valence-corrected chi connectivity index (χ4v) is 2.36. The van der Waals surface area contributed by atoms with Crippen molar-refractivity contribution in [2.45, 2.75) is 25.6 Å². The lowest BCUT2D eigenvalue weighted by atomic mass is 10.1. The molecule has 0 fully saturated rings. The lowest BCUT2D eigenvalue weighted by Crippen LogP contribution is -2.08. The zero-order valence-corrected chi connectivity index (χ0v) is 11.3. The molecule has 0 aliphatic heterocycles. The molecule has 0 spiro atoms. The summed E-state index contributed by atoms with van der Waals surface area (Å²) in [4.78, 5) is 0. The number of hydrogen-bond donors (Lipinski definition) is 1. The minimum Gasteiger partial charge on any atom is -0.494 e. The molecule has 0 heterocycles. The van der Waals surface area contributed by atoms with Crippen LogP contribution in [0.5, 0.6) is 5.75 Å². The van der Waals surface area contributed by atoms with Gasteiger partial charge in [0.15, 0.2) is 9.84 Å². The number of hydrogen-bond acceptors (Lipinski definition) is 4. The maximum atomic E-state index is 11.4. The molecule has 0 saturated carbocycles. The van der Waals surface area contributed by atoms with Crippen LogP contribution in [0.4, 0.5) is 0 Å². The Hall–Kier alpha value is -1.07. The first kappa shape index (κ1) is 14.0. The van der Waals surface area contributed by atoms with Gasteiger partial charge >= 0.3 is 0 Å². The van der Waals surface area contributed by atoms with E-state index in [1.54, 1.807) is 12.1 Å². The van der Waals surface area contributed by atoms with Crippen LogP contribution in [0.1, 0.15) is 31.0 Å². The average Bonchev–Trinajstić information content (AvgIpc) is 2.18. The highest BCUT2D eigenvalue weighted by Gasteiger charge is 2.12. The summed E-state index contributed by atoms with van der Waals surface area (Å²) in [5, 5.41) is 0. The first-order valence-electron chi connectivity index (χ1n) is 5.52. The zero-order valence-electron chi connectivity index (χ0n) is 10.4. The monoisotopic (exact) mass is 257 g/mol. The molecule has 1 unspecified atom stereocenters. The van der Waals surface area contributed by atoms with Gasteiger partial charge in [-0.2, -0.15) is 0 Å². The van der Waals surface area contributed by atoms with E-state index < -0.39 is 9.84 Å². The molecular weight excluding hydrogens is 238 g/mol. The Bertz CT molecular complexity index is 481. The maximum Gasteiger partial charge on any atom is 0.151 e. The third kappa shape index (κ3) is 4.36. The van der Waals surface area contributed by atoms with E-state index in [1.807, 2.05) is 19.9 Å². The molecule has 0 bridgehead atoms. The molecule has 4 nitrogen and oxygen atoms in total. The van der Waals surface area contributed by atoms with Gasteiger partial charge in [-0.3, -0.25) is 0 Å². The smallest absolute Gasteiger partial charge is 0.151 e. The molecule has 17 heavy (non-hydrogen) atoms. The summed E-state index contributed by atoms with van der Waals surface area (Å²) in [6.07, 6.45) is 1.21. The molecule has 2 N–H and O–H groups in total. The van der Waals surface area contributed by atoms with Crippen LogP contribution in [0, 0.1) is 0 Å². The predicted octanol–water partition coefficient (Wildman–Crippen LogP) is 1.65. The van der Waals surface area contributed by atoms with Gasteiger partial charge in [-0.05, 0) is 31.5 Å². The average molecular weight is 257 g/mol. The van der Waals surface area contributed by atoms with E-state index in [-0.39, 0.29) is 11.8 Å². The Balaban J connectivity index is 3.15. The highest BCUT2D eigenvalue weighted by Crippen LogP contribution is 2.24. The predicted molar refractivity (Wildman–Crippen MR) is 68.8 cm³/mol. The zero-order chi connectivity index (χ0) is 13.1. The first-order chi connectivity index (χ1) is 7.83. The quantitative estimate of drug-likeness (QED) is 0.870. The highest BCUT2D eigenvalue weighted by atomic mass is 32.2. The summed E-state index contributed by atoms with van der Waals surface area (Å²) in [7, 11) is -3.08. The van der Waals surface area contributed by atoms with Crippen molar-refractivity contribution in [3.63, 3.8) is 0 Å². The first-order valence-corrected chi connectivity index (χ1v) is 7.58. The normalized spacial score (nSPS) is 13.4. The van der Waals surface area contributed by atoms with Gasteiger partial charge in [0, 0.05) is 17.9 Å². The largest absolute Gasteiger partial charge is 0.494 e. The third-order valence-corrected chi connectivity index (χ3v) is 3.16. The van der Waals surface area contributed by atoms with Crippen molar-refractivity contribution in [1.82, 2.24) is 0 Å². The summed E-state index contributed by atoms with van der Waals surface area (Å²) >= 11 is 0. The molecule has 0 aromatic heterocycles. The maximum absolute atomic E-state index is 11.4.